The molecule has 2 heterocycles. The third-order valence-electron chi connectivity index (χ3n) is 4.52. The highest BCUT2D eigenvalue weighted by Gasteiger charge is 2.28. The minimum atomic E-state index is -0.208. The van der Waals surface area contributed by atoms with E-state index in [1.54, 1.807) is 24.3 Å². The Hall–Kier alpha value is -2.44. The Morgan fingerprint density at radius 1 is 1.04 bits per heavy atom. The lowest BCUT2D eigenvalue weighted by atomic mass is 10.2. The molecule has 0 spiro atoms. The second-order valence-corrected chi connectivity index (χ2v) is 7.80. The van der Waals surface area contributed by atoms with Crippen molar-refractivity contribution in [2.45, 2.75) is 0 Å². The minimum absolute atomic E-state index is 0.206. The number of phenolic OH excluding ortho intramolecular Hbond substituents is 1. The number of amidine groups is 1. The van der Waals surface area contributed by atoms with Crippen LogP contribution in [0, 0.1) is 0 Å². The zero-order valence-electron chi connectivity index (χ0n) is 14.5. The summed E-state index contributed by atoms with van der Waals surface area (Å²) in [7, 11) is 0. The van der Waals surface area contributed by atoms with Gasteiger partial charge in [0.25, 0.3) is 5.91 Å². The monoisotopic (exact) mass is 399 g/mol. The van der Waals surface area contributed by atoms with Crippen LogP contribution in [0.2, 0.25) is 5.02 Å². The molecule has 2 aliphatic rings. The fourth-order valence-electron chi connectivity index (χ4n) is 3.08. The van der Waals surface area contributed by atoms with Gasteiger partial charge < -0.3 is 14.9 Å². The van der Waals surface area contributed by atoms with Crippen LogP contribution in [0.15, 0.2) is 58.4 Å². The number of hydrogen-bond acceptors (Lipinski definition) is 5. The highest BCUT2D eigenvalue weighted by molar-refractivity contribution is 8.18. The number of halogens is 1. The summed E-state index contributed by atoms with van der Waals surface area (Å²) in [4.78, 5) is 21.5. The summed E-state index contributed by atoms with van der Waals surface area (Å²) in [5.41, 5.74) is 1.98. The number of carbonyl (C=O) groups is 1. The Morgan fingerprint density at radius 2 is 1.74 bits per heavy atom. The summed E-state index contributed by atoms with van der Waals surface area (Å²) >= 11 is 7.50. The molecular formula is C20H18ClN3O2S. The van der Waals surface area contributed by atoms with Crippen LogP contribution in [0.1, 0.15) is 5.56 Å². The molecule has 0 saturated carbocycles. The van der Waals surface area contributed by atoms with Crippen LogP contribution < -0.4 is 4.90 Å². The van der Waals surface area contributed by atoms with E-state index in [1.165, 1.54) is 11.8 Å². The maximum atomic E-state index is 12.2. The van der Waals surface area contributed by atoms with E-state index in [-0.39, 0.29) is 11.7 Å². The lowest BCUT2D eigenvalue weighted by Gasteiger charge is -2.36. The van der Waals surface area contributed by atoms with E-state index in [0.29, 0.717) is 4.91 Å². The van der Waals surface area contributed by atoms with E-state index < -0.39 is 0 Å². The number of rotatable bonds is 2. The molecule has 1 amide bonds. The topological polar surface area (TPSA) is 56.1 Å². The molecule has 0 radical (unpaired) electrons. The van der Waals surface area contributed by atoms with Crippen molar-refractivity contribution in [3.05, 3.63) is 64.0 Å². The maximum Gasteiger partial charge on any atom is 0.286 e. The first-order valence-corrected chi connectivity index (χ1v) is 9.85. The number of amides is 1. The van der Waals surface area contributed by atoms with Gasteiger partial charge in [-0.2, -0.15) is 4.99 Å². The van der Waals surface area contributed by atoms with Gasteiger partial charge in [-0.25, -0.2) is 0 Å². The van der Waals surface area contributed by atoms with Gasteiger partial charge in [-0.1, -0.05) is 29.8 Å². The molecule has 0 atom stereocenters. The van der Waals surface area contributed by atoms with E-state index in [4.69, 9.17) is 11.6 Å². The molecular weight excluding hydrogens is 382 g/mol. The zero-order valence-corrected chi connectivity index (χ0v) is 16.1. The zero-order chi connectivity index (χ0) is 18.8. The molecule has 5 nitrogen and oxygen atoms in total. The highest BCUT2D eigenvalue weighted by atomic mass is 35.5. The van der Waals surface area contributed by atoms with Crippen LogP contribution >= 0.6 is 23.4 Å². The minimum Gasteiger partial charge on any atom is -0.508 e. The molecule has 0 aromatic heterocycles. The van der Waals surface area contributed by atoms with E-state index in [1.807, 2.05) is 24.3 Å². The molecule has 2 aromatic rings. The molecule has 0 unspecified atom stereocenters. The van der Waals surface area contributed by atoms with Crippen LogP contribution in [0.25, 0.3) is 6.08 Å². The largest absolute Gasteiger partial charge is 0.508 e. The number of aromatic hydroxyl groups is 1. The predicted octanol–water partition coefficient (Wildman–Crippen LogP) is 3.84. The number of benzene rings is 2. The van der Waals surface area contributed by atoms with Gasteiger partial charge in [0.05, 0.1) is 4.91 Å². The van der Waals surface area contributed by atoms with Gasteiger partial charge >= 0.3 is 0 Å². The lowest BCUT2D eigenvalue weighted by molar-refractivity contribution is -0.113. The molecule has 1 N–H and O–H groups in total. The van der Waals surface area contributed by atoms with Crippen molar-refractivity contribution >= 4 is 46.2 Å². The number of thioether (sulfide) groups is 1. The van der Waals surface area contributed by atoms with Gasteiger partial charge in [-0.15, -0.1) is 0 Å². The Bertz CT molecular complexity index is 919. The Balaban J connectivity index is 1.40. The molecule has 0 bridgehead atoms. The normalized spacial score (nSPS) is 18.9. The van der Waals surface area contributed by atoms with Crippen LogP contribution in [-0.4, -0.2) is 47.3 Å². The van der Waals surface area contributed by atoms with Crippen molar-refractivity contribution in [1.29, 1.82) is 0 Å². The van der Waals surface area contributed by atoms with Crippen molar-refractivity contribution in [2.24, 2.45) is 4.99 Å². The van der Waals surface area contributed by atoms with Gasteiger partial charge in [-0.05, 0) is 53.7 Å². The quantitative estimate of drug-likeness (QED) is 0.777. The Morgan fingerprint density at radius 3 is 2.44 bits per heavy atom. The van der Waals surface area contributed by atoms with Crippen LogP contribution in [0.4, 0.5) is 5.69 Å². The molecule has 138 valence electrons. The van der Waals surface area contributed by atoms with E-state index >= 15 is 0 Å². The van der Waals surface area contributed by atoms with Gasteiger partial charge in [0.2, 0.25) is 0 Å². The average Bonchev–Trinajstić information content (AvgIpc) is 3.04. The first-order chi connectivity index (χ1) is 13.1. The summed E-state index contributed by atoms with van der Waals surface area (Å²) in [5, 5.41) is 10.9. The number of phenols is 1. The van der Waals surface area contributed by atoms with Crippen molar-refractivity contribution in [1.82, 2.24) is 4.90 Å². The summed E-state index contributed by atoms with van der Waals surface area (Å²) in [6, 6.07) is 14.6. The van der Waals surface area contributed by atoms with Crippen molar-refractivity contribution < 1.29 is 9.90 Å². The summed E-state index contributed by atoms with van der Waals surface area (Å²) < 4.78 is 0. The molecule has 7 heteroatoms. The first kappa shape index (κ1) is 17.9. The Kier molecular flexibility index (Phi) is 5.09. The van der Waals surface area contributed by atoms with Crippen LogP contribution in [0.3, 0.4) is 0 Å². The Labute approximate surface area is 167 Å². The van der Waals surface area contributed by atoms with Gasteiger partial charge in [0.1, 0.15) is 5.75 Å². The van der Waals surface area contributed by atoms with E-state index in [9.17, 15) is 9.90 Å². The number of anilines is 1. The molecule has 0 aliphatic carbocycles. The molecule has 1 saturated heterocycles. The van der Waals surface area contributed by atoms with Gasteiger partial charge in [0.15, 0.2) is 5.17 Å². The van der Waals surface area contributed by atoms with Crippen molar-refractivity contribution in [3.63, 3.8) is 0 Å². The predicted molar refractivity (Wildman–Crippen MR) is 111 cm³/mol. The van der Waals surface area contributed by atoms with Gasteiger partial charge in [-0.3, -0.25) is 4.79 Å². The number of nitrogens with zero attached hydrogens (tertiary/aromatic N) is 3. The standard InChI is InChI=1S/C20H18ClN3O2S/c21-15-2-1-3-16(13-15)23-8-10-24(11-9-23)20-22-19(26)18(27-20)12-14-4-6-17(25)7-5-14/h1-7,12-13,25H,8-11H2/b18-12+. The van der Waals surface area contributed by atoms with E-state index in [0.717, 1.165) is 47.6 Å². The van der Waals surface area contributed by atoms with Crippen molar-refractivity contribution in [3.8, 4) is 5.75 Å². The lowest BCUT2D eigenvalue weighted by Crippen LogP contribution is -2.47. The molecule has 1 fully saturated rings. The second kappa shape index (κ2) is 7.66. The number of piperazine rings is 1. The van der Waals surface area contributed by atoms with E-state index in [2.05, 4.69) is 20.9 Å². The van der Waals surface area contributed by atoms with Gasteiger partial charge in [0, 0.05) is 36.9 Å². The second-order valence-electron chi connectivity index (χ2n) is 6.36. The average molecular weight is 400 g/mol. The number of carbonyl (C=O) groups excluding carboxylic acids is 1. The van der Waals surface area contributed by atoms with Crippen LogP contribution in [-0.2, 0) is 4.79 Å². The fourth-order valence-corrected chi connectivity index (χ4v) is 4.23. The summed E-state index contributed by atoms with van der Waals surface area (Å²) in [6.45, 7) is 3.31. The van der Waals surface area contributed by atoms with Crippen LogP contribution in [0.5, 0.6) is 5.75 Å². The highest BCUT2D eigenvalue weighted by Crippen LogP contribution is 2.31. The third-order valence-corrected chi connectivity index (χ3v) is 5.80. The smallest absolute Gasteiger partial charge is 0.286 e. The molecule has 2 aliphatic heterocycles. The molecule has 2 aromatic carbocycles. The summed E-state index contributed by atoms with van der Waals surface area (Å²) in [5.74, 6) is -0.00240. The number of hydrogen-bond donors (Lipinski definition) is 1. The molecule has 4 rings (SSSR count). The first-order valence-electron chi connectivity index (χ1n) is 8.65. The number of aliphatic imine (C=N–C) groups is 1. The third kappa shape index (κ3) is 4.12. The summed E-state index contributed by atoms with van der Waals surface area (Å²) in [6.07, 6.45) is 1.81. The molecule has 27 heavy (non-hydrogen) atoms. The SMILES string of the molecule is O=C1N=C(N2CCN(c3cccc(Cl)c3)CC2)S/C1=C/c1ccc(O)cc1. The maximum absolute atomic E-state index is 12.2. The van der Waals surface area contributed by atoms with Crippen molar-refractivity contribution in [2.75, 3.05) is 31.1 Å². The fraction of sp³-hybridized carbons (Fsp3) is 0.200.